The highest BCUT2D eigenvalue weighted by Gasteiger charge is 2.12. The lowest BCUT2D eigenvalue weighted by atomic mass is 9.99. The van der Waals surface area contributed by atoms with Crippen LogP contribution in [0.1, 0.15) is 11.1 Å². The van der Waals surface area contributed by atoms with E-state index in [9.17, 15) is 0 Å². The average Bonchev–Trinajstić information content (AvgIpc) is 2.44. The highest BCUT2D eigenvalue weighted by atomic mass is 35.5. The quantitative estimate of drug-likeness (QED) is 0.863. The molecule has 0 saturated heterocycles. The molecule has 0 radical (unpaired) electrons. The van der Waals surface area contributed by atoms with Crippen LogP contribution in [0.5, 0.6) is 0 Å². The van der Waals surface area contributed by atoms with E-state index in [1.807, 2.05) is 31.3 Å². The molecular weight excluding hydrogens is 277 g/mol. The van der Waals surface area contributed by atoms with Crippen LogP contribution in [-0.2, 0) is 12.8 Å². The number of benzene rings is 2. The Bertz CT molecular complexity index is 526. The summed E-state index contributed by atoms with van der Waals surface area (Å²) in [5.41, 5.74) is 2.41. The number of nitrogens with one attached hydrogen (secondary N) is 1. The van der Waals surface area contributed by atoms with Crippen molar-refractivity contribution in [2.75, 3.05) is 7.05 Å². The molecule has 0 amide bonds. The van der Waals surface area contributed by atoms with Gasteiger partial charge in [-0.3, -0.25) is 0 Å². The summed E-state index contributed by atoms with van der Waals surface area (Å²) in [4.78, 5) is 0. The molecule has 2 rings (SSSR count). The topological polar surface area (TPSA) is 12.0 Å². The predicted molar refractivity (Wildman–Crippen MR) is 83.2 cm³/mol. The molecule has 0 aliphatic carbocycles. The van der Waals surface area contributed by atoms with E-state index in [4.69, 9.17) is 23.2 Å². The Kier molecular flexibility index (Phi) is 5.26. The van der Waals surface area contributed by atoms with Gasteiger partial charge in [0.2, 0.25) is 0 Å². The number of rotatable bonds is 5. The van der Waals surface area contributed by atoms with Gasteiger partial charge in [0.25, 0.3) is 0 Å². The van der Waals surface area contributed by atoms with E-state index < -0.39 is 0 Å². The predicted octanol–water partition coefficient (Wildman–Crippen LogP) is 4.37. The third kappa shape index (κ3) is 3.97. The van der Waals surface area contributed by atoms with Crippen LogP contribution in [0.3, 0.4) is 0 Å². The molecule has 0 saturated carbocycles. The van der Waals surface area contributed by atoms with Crippen LogP contribution in [0.4, 0.5) is 0 Å². The Morgan fingerprint density at radius 1 is 0.947 bits per heavy atom. The zero-order chi connectivity index (χ0) is 13.7. The summed E-state index contributed by atoms with van der Waals surface area (Å²) in [7, 11) is 1.98. The van der Waals surface area contributed by atoms with E-state index in [1.165, 1.54) is 5.56 Å². The number of halogens is 2. The van der Waals surface area contributed by atoms with Crippen molar-refractivity contribution in [3.8, 4) is 0 Å². The van der Waals surface area contributed by atoms with Crippen LogP contribution >= 0.6 is 23.2 Å². The average molecular weight is 294 g/mol. The summed E-state index contributed by atoms with van der Waals surface area (Å²) >= 11 is 12.3. The third-order valence-corrected chi connectivity index (χ3v) is 4.09. The lowest BCUT2D eigenvalue weighted by molar-refractivity contribution is 0.556. The number of likely N-dealkylation sites (N-methyl/N-ethyl adjacent to an activating group) is 1. The lowest BCUT2D eigenvalue weighted by Crippen LogP contribution is -2.30. The minimum absolute atomic E-state index is 0.346. The van der Waals surface area contributed by atoms with Gasteiger partial charge in [-0.05, 0) is 37.1 Å². The van der Waals surface area contributed by atoms with Crippen LogP contribution in [0.25, 0.3) is 0 Å². The Labute approximate surface area is 124 Å². The van der Waals surface area contributed by atoms with E-state index in [0.29, 0.717) is 16.1 Å². The van der Waals surface area contributed by atoms with Gasteiger partial charge in [-0.15, -0.1) is 0 Å². The largest absolute Gasteiger partial charge is 0.316 e. The van der Waals surface area contributed by atoms with Gasteiger partial charge in [0, 0.05) is 6.04 Å². The van der Waals surface area contributed by atoms with Gasteiger partial charge in [-0.1, -0.05) is 65.7 Å². The molecule has 19 heavy (non-hydrogen) atoms. The molecule has 1 unspecified atom stereocenters. The first kappa shape index (κ1) is 14.4. The van der Waals surface area contributed by atoms with Crippen molar-refractivity contribution in [1.82, 2.24) is 5.32 Å². The van der Waals surface area contributed by atoms with Crippen LogP contribution < -0.4 is 5.32 Å². The fourth-order valence-corrected chi connectivity index (χ4v) is 2.54. The first-order valence-electron chi connectivity index (χ1n) is 6.34. The second-order valence-corrected chi connectivity index (χ2v) is 5.38. The molecule has 0 aliphatic rings. The Morgan fingerprint density at radius 2 is 1.68 bits per heavy atom. The SMILES string of the molecule is CNC(Cc1ccccc1)Cc1cccc(Cl)c1Cl. The zero-order valence-corrected chi connectivity index (χ0v) is 12.4. The lowest BCUT2D eigenvalue weighted by Gasteiger charge is -2.17. The minimum atomic E-state index is 0.346. The molecule has 3 heteroatoms. The van der Waals surface area contributed by atoms with Crippen molar-refractivity contribution in [2.24, 2.45) is 0 Å². The Morgan fingerprint density at radius 3 is 2.37 bits per heavy atom. The highest BCUT2D eigenvalue weighted by molar-refractivity contribution is 6.42. The zero-order valence-electron chi connectivity index (χ0n) is 10.9. The summed E-state index contributed by atoms with van der Waals surface area (Å²) in [6, 6.07) is 16.6. The fourth-order valence-electron chi connectivity index (χ4n) is 2.15. The van der Waals surface area contributed by atoms with Crippen molar-refractivity contribution in [2.45, 2.75) is 18.9 Å². The molecule has 0 fully saturated rings. The molecule has 0 spiro atoms. The van der Waals surface area contributed by atoms with Crippen molar-refractivity contribution in [3.05, 3.63) is 69.7 Å². The van der Waals surface area contributed by atoms with Gasteiger partial charge in [0.15, 0.2) is 0 Å². The summed E-state index contributed by atoms with van der Waals surface area (Å²) in [5.74, 6) is 0. The second-order valence-electron chi connectivity index (χ2n) is 4.59. The maximum atomic E-state index is 6.24. The van der Waals surface area contributed by atoms with Gasteiger partial charge in [-0.2, -0.15) is 0 Å². The van der Waals surface area contributed by atoms with E-state index in [0.717, 1.165) is 18.4 Å². The van der Waals surface area contributed by atoms with Crippen LogP contribution in [-0.4, -0.2) is 13.1 Å². The van der Waals surface area contributed by atoms with Gasteiger partial charge in [0.05, 0.1) is 10.0 Å². The molecule has 1 nitrogen and oxygen atoms in total. The van der Waals surface area contributed by atoms with Crippen LogP contribution in [0, 0.1) is 0 Å². The first-order chi connectivity index (χ1) is 9.20. The Balaban J connectivity index is 2.09. The molecule has 1 atom stereocenters. The molecule has 2 aromatic carbocycles. The van der Waals surface area contributed by atoms with E-state index >= 15 is 0 Å². The number of hydrogen-bond donors (Lipinski definition) is 1. The van der Waals surface area contributed by atoms with Crippen LogP contribution in [0.2, 0.25) is 10.0 Å². The maximum Gasteiger partial charge on any atom is 0.0624 e. The molecular formula is C16H17Cl2N. The summed E-state index contributed by atoms with van der Waals surface area (Å²) < 4.78 is 0. The minimum Gasteiger partial charge on any atom is -0.316 e. The van der Waals surface area contributed by atoms with Gasteiger partial charge < -0.3 is 5.32 Å². The molecule has 0 aliphatic heterocycles. The summed E-state index contributed by atoms with van der Waals surface area (Å²) in [6.45, 7) is 0. The van der Waals surface area contributed by atoms with Gasteiger partial charge in [0.1, 0.15) is 0 Å². The smallest absolute Gasteiger partial charge is 0.0624 e. The molecule has 100 valence electrons. The standard InChI is InChI=1S/C16H17Cl2N/c1-19-14(10-12-6-3-2-4-7-12)11-13-8-5-9-15(17)16(13)18/h2-9,14,19H,10-11H2,1H3. The molecule has 2 aromatic rings. The number of hydrogen-bond acceptors (Lipinski definition) is 1. The normalized spacial score (nSPS) is 12.4. The maximum absolute atomic E-state index is 6.24. The monoisotopic (exact) mass is 293 g/mol. The van der Waals surface area contributed by atoms with Crippen molar-refractivity contribution < 1.29 is 0 Å². The first-order valence-corrected chi connectivity index (χ1v) is 7.10. The van der Waals surface area contributed by atoms with Crippen molar-refractivity contribution >= 4 is 23.2 Å². The molecule has 1 N–H and O–H groups in total. The second kappa shape index (κ2) is 6.95. The van der Waals surface area contributed by atoms with E-state index in [-0.39, 0.29) is 0 Å². The summed E-state index contributed by atoms with van der Waals surface area (Å²) in [5, 5.41) is 4.63. The summed E-state index contributed by atoms with van der Waals surface area (Å²) in [6.07, 6.45) is 1.84. The van der Waals surface area contributed by atoms with Gasteiger partial charge >= 0.3 is 0 Å². The van der Waals surface area contributed by atoms with Gasteiger partial charge in [-0.25, -0.2) is 0 Å². The van der Waals surface area contributed by atoms with Crippen LogP contribution in [0.15, 0.2) is 48.5 Å². The molecule has 0 aromatic heterocycles. The fraction of sp³-hybridized carbons (Fsp3) is 0.250. The van der Waals surface area contributed by atoms with E-state index in [1.54, 1.807) is 0 Å². The molecule has 0 heterocycles. The highest BCUT2D eigenvalue weighted by Crippen LogP contribution is 2.26. The Hall–Kier alpha value is -1.02. The van der Waals surface area contributed by atoms with Crippen molar-refractivity contribution in [3.63, 3.8) is 0 Å². The van der Waals surface area contributed by atoms with E-state index in [2.05, 4.69) is 29.6 Å². The third-order valence-electron chi connectivity index (χ3n) is 3.23. The molecule has 0 bridgehead atoms. The van der Waals surface area contributed by atoms with Crippen molar-refractivity contribution in [1.29, 1.82) is 0 Å².